The quantitative estimate of drug-likeness (QED) is 0.803. The first kappa shape index (κ1) is 15.5. The van der Waals surface area contributed by atoms with Crippen molar-refractivity contribution in [1.29, 1.82) is 0 Å². The van der Waals surface area contributed by atoms with Crippen molar-refractivity contribution in [1.82, 2.24) is 4.31 Å². The summed E-state index contributed by atoms with van der Waals surface area (Å²) in [6.07, 6.45) is 3.85. The van der Waals surface area contributed by atoms with Crippen LogP contribution in [0.15, 0.2) is 10.3 Å². The Morgan fingerprint density at radius 3 is 2.40 bits per heavy atom. The van der Waals surface area contributed by atoms with Crippen molar-refractivity contribution in [2.45, 2.75) is 37.5 Å². The van der Waals surface area contributed by atoms with E-state index in [1.165, 1.54) is 11.4 Å². The highest BCUT2D eigenvalue weighted by atomic mass is 32.2. The van der Waals surface area contributed by atoms with Crippen LogP contribution in [0, 0.1) is 6.92 Å². The molecule has 0 aromatic carbocycles. The summed E-state index contributed by atoms with van der Waals surface area (Å²) >= 11 is 1.12. The van der Waals surface area contributed by atoms with Gasteiger partial charge in [-0.3, -0.25) is 0 Å². The average Bonchev–Trinajstić information content (AvgIpc) is 2.66. The van der Waals surface area contributed by atoms with Crippen molar-refractivity contribution in [2.24, 2.45) is 0 Å². The highest BCUT2D eigenvalue weighted by Crippen LogP contribution is 2.31. The molecule has 0 spiro atoms. The number of nitrogens with zero attached hydrogens (tertiary/aromatic N) is 1. The number of carbonyl (C=O) groups is 1. The van der Waals surface area contributed by atoms with Crippen LogP contribution in [-0.4, -0.2) is 38.9 Å². The van der Waals surface area contributed by atoms with Gasteiger partial charge in [-0.05, 0) is 30.7 Å². The summed E-state index contributed by atoms with van der Waals surface area (Å²) in [7, 11) is -2.35. The van der Waals surface area contributed by atoms with E-state index in [9.17, 15) is 13.2 Å². The summed E-state index contributed by atoms with van der Waals surface area (Å²) < 4.78 is 31.8. The predicted molar refractivity (Wildman–Crippen MR) is 77.6 cm³/mol. The van der Waals surface area contributed by atoms with E-state index in [-0.39, 0.29) is 9.77 Å². The summed E-state index contributed by atoms with van der Waals surface area (Å²) in [5.41, 5.74) is 0.611. The van der Waals surface area contributed by atoms with Gasteiger partial charge < -0.3 is 4.74 Å². The zero-order chi connectivity index (χ0) is 14.8. The largest absolute Gasteiger partial charge is 0.465 e. The standard InChI is InChI=1S/C13H19NO4S2/c1-10-9-19-11(13(15)18-2)12(10)20(16,17)14-7-5-3-4-6-8-14/h9H,3-8H2,1-2H3. The number of rotatable bonds is 3. The van der Waals surface area contributed by atoms with Gasteiger partial charge >= 0.3 is 5.97 Å². The molecule has 2 rings (SSSR count). The van der Waals surface area contributed by atoms with Crippen molar-refractivity contribution >= 4 is 27.3 Å². The molecule has 1 fully saturated rings. The molecule has 1 aliphatic rings. The maximum Gasteiger partial charge on any atom is 0.349 e. The molecule has 0 atom stereocenters. The molecule has 1 aliphatic heterocycles. The fraction of sp³-hybridized carbons (Fsp3) is 0.615. The lowest BCUT2D eigenvalue weighted by atomic mass is 10.2. The zero-order valence-electron chi connectivity index (χ0n) is 11.7. The van der Waals surface area contributed by atoms with E-state index in [1.54, 1.807) is 12.3 Å². The van der Waals surface area contributed by atoms with E-state index in [2.05, 4.69) is 4.74 Å². The topological polar surface area (TPSA) is 63.7 Å². The number of esters is 1. The minimum absolute atomic E-state index is 0.122. The van der Waals surface area contributed by atoms with E-state index in [0.29, 0.717) is 18.7 Å². The monoisotopic (exact) mass is 317 g/mol. The molecule has 0 aliphatic carbocycles. The molecule has 5 nitrogen and oxygen atoms in total. The Kier molecular flexibility index (Phi) is 4.82. The lowest BCUT2D eigenvalue weighted by molar-refractivity contribution is 0.0602. The maximum absolute atomic E-state index is 12.8. The van der Waals surface area contributed by atoms with E-state index in [0.717, 1.165) is 37.0 Å². The molecule has 20 heavy (non-hydrogen) atoms. The fourth-order valence-electron chi connectivity index (χ4n) is 2.40. The highest BCUT2D eigenvalue weighted by Gasteiger charge is 2.32. The molecular formula is C13H19NO4S2. The second kappa shape index (κ2) is 6.24. The Labute approximate surface area is 123 Å². The highest BCUT2D eigenvalue weighted by molar-refractivity contribution is 7.89. The Bertz CT molecular complexity index is 584. The van der Waals surface area contributed by atoms with Gasteiger partial charge in [0.25, 0.3) is 0 Å². The molecule has 112 valence electrons. The van der Waals surface area contributed by atoms with Crippen LogP contribution in [-0.2, 0) is 14.8 Å². The number of thiophene rings is 1. The zero-order valence-corrected chi connectivity index (χ0v) is 13.3. The van der Waals surface area contributed by atoms with Crippen LogP contribution in [0.1, 0.15) is 40.9 Å². The van der Waals surface area contributed by atoms with Crippen LogP contribution in [0.4, 0.5) is 0 Å². The number of hydrogen-bond acceptors (Lipinski definition) is 5. The van der Waals surface area contributed by atoms with Gasteiger partial charge in [0.1, 0.15) is 9.77 Å². The van der Waals surface area contributed by atoms with Crippen LogP contribution in [0.5, 0.6) is 0 Å². The molecule has 1 saturated heterocycles. The number of ether oxygens (including phenoxy) is 1. The fourth-order valence-corrected chi connectivity index (χ4v) is 5.57. The van der Waals surface area contributed by atoms with Crippen LogP contribution < -0.4 is 0 Å². The van der Waals surface area contributed by atoms with Gasteiger partial charge in [-0.15, -0.1) is 11.3 Å². The van der Waals surface area contributed by atoms with E-state index in [4.69, 9.17) is 0 Å². The van der Waals surface area contributed by atoms with Crippen LogP contribution in [0.2, 0.25) is 0 Å². The van der Waals surface area contributed by atoms with Gasteiger partial charge in [-0.1, -0.05) is 12.8 Å². The third-order valence-electron chi connectivity index (χ3n) is 3.45. The minimum Gasteiger partial charge on any atom is -0.465 e. The van der Waals surface area contributed by atoms with Gasteiger partial charge in [0.05, 0.1) is 7.11 Å². The van der Waals surface area contributed by atoms with Crippen molar-refractivity contribution in [3.63, 3.8) is 0 Å². The summed E-state index contributed by atoms with van der Waals surface area (Å²) in [5.74, 6) is -0.587. The van der Waals surface area contributed by atoms with Crippen molar-refractivity contribution in [2.75, 3.05) is 20.2 Å². The first-order chi connectivity index (χ1) is 9.48. The van der Waals surface area contributed by atoms with Crippen molar-refractivity contribution in [3.8, 4) is 0 Å². The SMILES string of the molecule is COC(=O)c1scc(C)c1S(=O)(=O)N1CCCCCC1. The Morgan fingerprint density at radius 2 is 1.85 bits per heavy atom. The van der Waals surface area contributed by atoms with Crippen molar-refractivity contribution < 1.29 is 17.9 Å². The molecule has 0 unspecified atom stereocenters. The lowest BCUT2D eigenvalue weighted by Crippen LogP contribution is -2.33. The number of hydrogen-bond donors (Lipinski definition) is 0. The molecule has 0 saturated carbocycles. The summed E-state index contributed by atoms with van der Waals surface area (Å²) in [6, 6.07) is 0. The molecule has 2 heterocycles. The molecule has 0 amide bonds. The Morgan fingerprint density at radius 1 is 1.25 bits per heavy atom. The van der Waals surface area contributed by atoms with Crippen LogP contribution in [0.25, 0.3) is 0 Å². The molecule has 7 heteroatoms. The second-order valence-electron chi connectivity index (χ2n) is 4.89. The summed E-state index contributed by atoms with van der Waals surface area (Å²) in [4.78, 5) is 12.0. The molecule has 1 aromatic rings. The number of aryl methyl sites for hydroxylation is 1. The van der Waals surface area contributed by atoms with E-state index < -0.39 is 16.0 Å². The summed E-state index contributed by atoms with van der Waals surface area (Å²) in [5, 5.41) is 1.69. The maximum atomic E-state index is 12.8. The normalized spacial score (nSPS) is 17.7. The Balaban J connectivity index is 2.43. The number of sulfonamides is 1. The van der Waals surface area contributed by atoms with Gasteiger partial charge in [-0.2, -0.15) is 4.31 Å². The number of carbonyl (C=O) groups excluding carboxylic acids is 1. The third-order valence-corrected chi connectivity index (χ3v) is 6.75. The first-order valence-electron chi connectivity index (χ1n) is 6.65. The molecule has 1 aromatic heterocycles. The lowest BCUT2D eigenvalue weighted by Gasteiger charge is -2.20. The molecule has 0 N–H and O–H groups in total. The smallest absolute Gasteiger partial charge is 0.349 e. The first-order valence-corrected chi connectivity index (χ1v) is 8.97. The minimum atomic E-state index is -3.62. The van der Waals surface area contributed by atoms with Gasteiger partial charge in [0.15, 0.2) is 0 Å². The average molecular weight is 317 g/mol. The molecule has 0 radical (unpaired) electrons. The van der Waals surface area contributed by atoms with E-state index in [1.807, 2.05) is 0 Å². The third kappa shape index (κ3) is 2.89. The van der Waals surface area contributed by atoms with Gasteiger partial charge in [-0.25, -0.2) is 13.2 Å². The van der Waals surface area contributed by atoms with Gasteiger partial charge in [0, 0.05) is 13.1 Å². The Hall–Kier alpha value is -0.920. The van der Waals surface area contributed by atoms with Crippen molar-refractivity contribution in [3.05, 3.63) is 15.8 Å². The van der Waals surface area contributed by atoms with Crippen LogP contribution >= 0.6 is 11.3 Å². The van der Waals surface area contributed by atoms with E-state index >= 15 is 0 Å². The second-order valence-corrected chi connectivity index (χ2v) is 7.64. The summed E-state index contributed by atoms with van der Waals surface area (Å²) in [6.45, 7) is 2.77. The molecule has 0 bridgehead atoms. The molecular weight excluding hydrogens is 298 g/mol. The van der Waals surface area contributed by atoms with Gasteiger partial charge in [0.2, 0.25) is 10.0 Å². The predicted octanol–water partition coefficient (Wildman–Crippen LogP) is 2.41. The number of methoxy groups -OCH3 is 1. The van der Waals surface area contributed by atoms with Crippen LogP contribution in [0.3, 0.4) is 0 Å².